The fourth-order valence-electron chi connectivity index (χ4n) is 3.39. The molecule has 2 aromatic carbocycles. The second kappa shape index (κ2) is 11.9. The van der Waals surface area contributed by atoms with Gasteiger partial charge in [0, 0.05) is 32.5 Å². The van der Waals surface area contributed by atoms with E-state index in [0.717, 1.165) is 15.6 Å². The molecule has 0 fully saturated rings. The number of esters is 1. The lowest BCUT2D eigenvalue weighted by Crippen LogP contribution is -2.16. The number of benzene rings is 2. The lowest BCUT2D eigenvalue weighted by molar-refractivity contribution is -0.113. The van der Waals surface area contributed by atoms with Crippen molar-refractivity contribution in [2.24, 2.45) is 0 Å². The lowest BCUT2D eigenvalue weighted by Gasteiger charge is -2.09. The first-order valence-corrected chi connectivity index (χ1v) is 13.6. The molecule has 4 rings (SSSR count). The first-order chi connectivity index (χ1) is 17.4. The highest BCUT2D eigenvalue weighted by Crippen LogP contribution is 2.37. The largest absolute Gasteiger partial charge is 0.465 e. The summed E-state index contributed by atoms with van der Waals surface area (Å²) in [5.74, 6) is -0.0594. The molecule has 4 aromatic rings. The molecule has 7 nitrogen and oxygen atoms in total. The Kier molecular flexibility index (Phi) is 8.63. The number of hydrogen-bond donors (Lipinski definition) is 1. The Morgan fingerprint density at radius 1 is 1.17 bits per heavy atom. The van der Waals surface area contributed by atoms with E-state index in [9.17, 15) is 9.59 Å². The number of methoxy groups -OCH3 is 1. The van der Waals surface area contributed by atoms with E-state index in [1.54, 1.807) is 18.2 Å². The van der Waals surface area contributed by atoms with Gasteiger partial charge in [0.25, 0.3) is 0 Å². The fraction of sp³-hybridized carbons (Fsp3) is 0.120. The number of nitrogens with one attached hydrogen (secondary N) is 1. The van der Waals surface area contributed by atoms with Crippen LogP contribution < -0.4 is 5.32 Å². The molecular formula is C25H20BrClN4O3S2. The zero-order valence-corrected chi connectivity index (χ0v) is 23.0. The zero-order chi connectivity index (χ0) is 25.7. The number of thiophene rings is 1. The third-order valence-corrected chi connectivity index (χ3v) is 7.69. The lowest BCUT2D eigenvalue weighted by atomic mass is 10.0. The average Bonchev–Trinajstić information content (AvgIpc) is 3.48. The number of carbonyl (C=O) groups is 2. The minimum Gasteiger partial charge on any atom is -0.465 e. The van der Waals surface area contributed by atoms with Gasteiger partial charge >= 0.3 is 5.97 Å². The molecule has 0 spiro atoms. The van der Waals surface area contributed by atoms with Gasteiger partial charge in [-0.05, 0) is 29.8 Å². The zero-order valence-electron chi connectivity index (χ0n) is 19.0. The number of halogens is 2. The van der Waals surface area contributed by atoms with E-state index in [-0.39, 0.29) is 11.7 Å². The van der Waals surface area contributed by atoms with Crippen LogP contribution in [0.5, 0.6) is 0 Å². The summed E-state index contributed by atoms with van der Waals surface area (Å²) < 4.78 is 7.84. The normalized spacial score (nSPS) is 10.8. The molecule has 184 valence electrons. The molecule has 0 saturated carbocycles. The first-order valence-electron chi connectivity index (χ1n) is 10.6. The smallest absolute Gasteiger partial charge is 0.341 e. The maximum Gasteiger partial charge on any atom is 0.341 e. The molecular weight excluding hydrogens is 584 g/mol. The topological polar surface area (TPSA) is 86.1 Å². The van der Waals surface area contributed by atoms with Crippen molar-refractivity contribution in [3.63, 3.8) is 0 Å². The van der Waals surface area contributed by atoms with E-state index >= 15 is 0 Å². The molecule has 1 N–H and O–H groups in total. The van der Waals surface area contributed by atoms with Crippen molar-refractivity contribution >= 4 is 67.5 Å². The number of amides is 1. The maximum atomic E-state index is 12.8. The molecule has 36 heavy (non-hydrogen) atoms. The second-order valence-electron chi connectivity index (χ2n) is 7.40. The molecule has 0 radical (unpaired) electrons. The fourth-order valence-corrected chi connectivity index (χ4v) is 5.50. The Balaban J connectivity index is 1.52. The average molecular weight is 604 g/mol. The van der Waals surface area contributed by atoms with Crippen LogP contribution in [0.4, 0.5) is 5.00 Å². The van der Waals surface area contributed by atoms with Crippen LogP contribution in [0.1, 0.15) is 10.4 Å². The minimum atomic E-state index is -0.533. The van der Waals surface area contributed by atoms with Crippen molar-refractivity contribution in [1.82, 2.24) is 14.8 Å². The number of anilines is 1. The molecule has 0 aliphatic rings. The highest BCUT2D eigenvalue weighted by molar-refractivity contribution is 9.10. The number of carbonyl (C=O) groups excluding carboxylic acids is 2. The standard InChI is InChI=1S/C25H20BrClN4O3S2/c1-3-12-31-22(16-4-8-17(26)9-5-16)29-30-25(31)36-14-20(32)28-23-21(24(33)34-2)19(13-35-23)15-6-10-18(27)11-7-15/h3-11,13H,1,12,14H2,2H3,(H,28,32). The third kappa shape index (κ3) is 5.89. The van der Waals surface area contributed by atoms with Gasteiger partial charge in [-0.25, -0.2) is 4.79 Å². The molecule has 2 heterocycles. The van der Waals surface area contributed by atoms with Gasteiger partial charge < -0.3 is 10.1 Å². The number of thioether (sulfide) groups is 1. The molecule has 0 bridgehead atoms. The van der Waals surface area contributed by atoms with E-state index in [2.05, 4.69) is 38.0 Å². The van der Waals surface area contributed by atoms with Crippen LogP contribution in [0.25, 0.3) is 22.5 Å². The summed E-state index contributed by atoms with van der Waals surface area (Å²) in [6.45, 7) is 4.31. The van der Waals surface area contributed by atoms with Gasteiger partial charge in [-0.3, -0.25) is 9.36 Å². The summed E-state index contributed by atoms with van der Waals surface area (Å²) in [6, 6.07) is 14.9. The van der Waals surface area contributed by atoms with Crippen molar-refractivity contribution in [3.05, 3.63) is 81.6 Å². The molecule has 0 atom stereocenters. The van der Waals surface area contributed by atoms with Crippen LogP contribution >= 0.6 is 50.6 Å². The Morgan fingerprint density at radius 2 is 1.86 bits per heavy atom. The van der Waals surface area contributed by atoms with Gasteiger partial charge in [-0.1, -0.05) is 69.6 Å². The Morgan fingerprint density at radius 3 is 2.53 bits per heavy atom. The number of aromatic nitrogens is 3. The van der Waals surface area contributed by atoms with Crippen molar-refractivity contribution in [2.75, 3.05) is 18.2 Å². The summed E-state index contributed by atoms with van der Waals surface area (Å²) >= 11 is 11.9. The van der Waals surface area contributed by atoms with Gasteiger partial charge in [-0.15, -0.1) is 28.1 Å². The Bertz CT molecular complexity index is 1400. The minimum absolute atomic E-state index is 0.0738. The number of rotatable bonds is 9. The van der Waals surface area contributed by atoms with Gasteiger partial charge in [-0.2, -0.15) is 0 Å². The Hall–Kier alpha value is -2.92. The van der Waals surface area contributed by atoms with Crippen LogP contribution in [-0.2, 0) is 16.1 Å². The van der Waals surface area contributed by atoms with Gasteiger partial charge in [0.1, 0.15) is 10.6 Å². The van der Waals surface area contributed by atoms with E-state index in [1.165, 1.54) is 30.2 Å². The van der Waals surface area contributed by atoms with Gasteiger partial charge in [0.15, 0.2) is 11.0 Å². The van der Waals surface area contributed by atoms with Crippen LogP contribution in [0, 0.1) is 0 Å². The molecule has 0 aliphatic heterocycles. The quantitative estimate of drug-likeness (QED) is 0.129. The summed E-state index contributed by atoms with van der Waals surface area (Å²) in [4.78, 5) is 25.4. The monoisotopic (exact) mass is 602 g/mol. The summed E-state index contributed by atoms with van der Waals surface area (Å²) in [5, 5.41) is 14.8. The highest BCUT2D eigenvalue weighted by Gasteiger charge is 2.23. The molecule has 11 heteroatoms. The predicted molar refractivity (Wildman–Crippen MR) is 149 cm³/mol. The number of ether oxygens (including phenoxy) is 1. The van der Waals surface area contributed by atoms with Crippen LogP contribution in [0.3, 0.4) is 0 Å². The second-order valence-corrected chi connectivity index (χ2v) is 10.6. The third-order valence-electron chi connectivity index (χ3n) is 5.05. The van der Waals surface area contributed by atoms with E-state index in [0.29, 0.717) is 38.7 Å². The number of hydrogen-bond acceptors (Lipinski definition) is 7. The summed E-state index contributed by atoms with van der Waals surface area (Å²) in [6.07, 6.45) is 1.75. The molecule has 0 unspecified atom stereocenters. The first kappa shape index (κ1) is 26.2. The molecule has 1 amide bonds. The van der Waals surface area contributed by atoms with E-state index in [4.69, 9.17) is 16.3 Å². The van der Waals surface area contributed by atoms with Crippen LogP contribution in [0.2, 0.25) is 5.02 Å². The molecule has 0 aliphatic carbocycles. The van der Waals surface area contributed by atoms with Crippen molar-refractivity contribution in [1.29, 1.82) is 0 Å². The maximum absolute atomic E-state index is 12.8. The van der Waals surface area contributed by atoms with Gasteiger partial charge in [0.05, 0.1) is 12.9 Å². The molecule has 0 saturated heterocycles. The van der Waals surface area contributed by atoms with Crippen LogP contribution in [-0.4, -0.2) is 39.5 Å². The SMILES string of the molecule is C=CCn1c(SCC(=O)Nc2scc(-c3ccc(Cl)cc3)c2C(=O)OC)nnc1-c1ccc(Br)cc1. The molecule has 2 aromatic heterocycles. The Labute approximate surface area is 229 Å². The van der Waals surface area contributed by atoms with Crippen molar-refractivity contribution < 1.29 is 14.3 Å². The number of nitrogens with zero attached hydrogens (tertiary/aromatic N) is 3. The van der Waals surface area contributed by atoms with Gasteiger partial charge in [0.2, 0.25) is 5.91 Å². The van der Waals surface area contributed by atoms with Crippen molar-refractivity contribution in [3.8, 4) is 22.5 Å². The predicted octanol–water partition coefficient (Wildman–Crippen LogP) is 6.79. The van der Waals surface area contributed by atoms with E-state index in [1.807, 2.05) is 46.3 Å². The summed E-state index contributed by atoms with van der Waals surface area (Å²) in [7, 11) is 1.31. The van der Waals surface area contributed by atoms with E-state index < -0.39 is 5.97 Å². The number of allylic oxidation sites excluding steroid dienone is 1. The highest BCUT2D eigenvalue weighted by atomic mass is 79.9. The summed E-state index contributed by atoms with van der Waals surface area (Å²) in [5.41, 5.74) is 2.66. The van der Waals surface area contributed by atoms with Crippen LogP contribution in [0.15, 0.2) is 76.2 Å². The van der Waals surface area contributed by atoms with Crippen molar-refractivity contribution in [2.45, 2.75) is 11.7 Å².